The van der Waals surface area contributed by atoms with Crippen LogP contribution >= 0.6 is 0 Å². The van der Waals surface area contributed by atoms with Gasteiger partial charge < -0.3 is 5.73 Å². The van der Waals surface area contributed by atoms with Gasteiger partial charge in [-0.2, -0.15) is 0 Å². The van der Waals surface area contributed by atoms with Gasteiger partial charge in [0.15, 0.2) is 5.78 Å². The number of benzene rings is 1. The van der Waals surface area contributed by atoms with Crippen LogP contribution in [0.4, 0.5) is 4.39 Å². The highest BCUT2D eigenvalue weighted by Crippen LogP contribution is 2.21. The van der Waals surface area contributed by atoms with E-state index in [1.165, 1.54) is 18.2 Å². The van der Waals surface area contributed by atoms with Crippen LogP contribution in [0.2, 0.25) is 0 Å². The Labute approximate surface area is 69.2 Å². The first-order valence-electron chi connectivity index (χ1n) is 3.76. The average Bonchev–Trinajstić information content (AvgIpc) is 2.28. The summed E-state index contributed by atoms with van der Waals surface area (Å²) in [6.45, 7) is 0. The lowest BCUT2D eigenvalue weighted by atomic mass is 10.1. The number of nitrogens with two attached hydrogens (primary N) is 1. The Morgan fingerprint density at radius 1 is 1.50 bits per heavy atom. The fourth-order valence-electron chi connectivity index (χ4n) is 1.50. The molecular formula is C9H8FNO. The Kier molecular flexibility index (Phi) is 1.48. The second-order valence-electron chi connectivity index (χ2n) is 2.98. The molecule has 0 heterocycles. The molecule has 0 saturated carbocycles. The molecule has 3 heteroatoms. The molecule has 0 aromatic heterocycles. The summed E-state index contributed by atoms with van der Waals surface area (Å²) < 4.78 is 12.7. The summed E-state index contributed by atoms with van der Waals surface area (Å²) in [7, 11) is 0. The number of fused-ring (bicyclic) bond motifs is 1. The number of halogens is 1. The van der Waals surface area contributed by atoms with Crippen molar-refractivity contribution in [3.8, 4) is 0 Å². The van der Waals surface area contributed by atoms with Crippen LogP contribution in [0.25, 0.3) is 0 Å². The fourth-order valence-corrected chi connectivity index (χ4v) is 1.50. The molecule has 2 nitrogen and oxygen atoms in total. The maximum atomic E-state index is 12.7. The number of ketones is 1. The smallest absolute Gasteiger partial charge is 0.180 e. The predicted octanol–water partition coefficient (Wildman–Crippen LogP) is 0.892. The van der Waals surface area contributed by atoms with E-state index in [2.05, 4.69) is 0 Å². The lowest BCUT2D eigenvalue weighted by molar-refractivity contribution is 0.0974. The van der Waals surface area contributed by atoms with Gasteiger partial charge >= 0.3 is 0 Å². The minimum absolute atomic E-state index is 0.0787. The molecule has 1 aliphatic carbocycles. The molecule has 1 aromatic rings. The molecule has 0 saturated heterocycles. The summed E-state index contributed by atoms with van der Waals surface area (Å²) in [5.41, 5.74) is 6.81. The molecule has 1 aliphatic rings. The van der Waals surface area contributed by atoms with E-state index in [-0.39, 0.29) is 11.6 Å². The van der Waals surface area contributed by atoms with Gasteiger partial charge in [-0.1, -0.05) is 0 Å². The number of carbonyl (C=O) groups is 1. The van der Waals surface area contributed by atoms with Crippen LogP contribution in [0.3, 0.4) is 0 Å². The van der Waals surface area contributed by atoms with Crippen LogP contribution in [0.15, 0.2) is 18.2 Å². The zero-order chi connectivity index (χ0) is 8.72. The Morgan fingerprint density at radius 2 is 2.25 bits per heavy atom. The summed E-state index contributed by atoms with van der Waals surface area (Å²) in [6.07, 6.45) is 0.464. The second kappa shape index (κ2) is 2.38. The van der Waals surface area contributed by atoms with Crippen molar-refractivity contribution < 1.29 is 9.18 Å². The molecule has 0 aliphatic heterocycles. The monoisotopic (exact) mass is 165 g/mol. The minimum Gasteiger partial charge on any atom is -0.321 e. The molecule has 1 atom stereocenters. The van der Waals surface area contributed by atoms with Crippen molar-refractivity contribution in [2.24, 2.45) is 5.73 Å². The third-order valence-electron chi connectivity index (χ3n) is 2.11. The highest BCUT2D eigenvalue weighted by atomic mass is 19.1. The summed E-state index contributed by atoms with van der Waals surface area (Å²) >= 11 is 0. The quantitative estimate of drug-likeness (QED) is 0.620. The standard InChI is InChI=1S/C9H8FNO/c10-6-1-2-7-5(3-6)4-8(11)9(7)12/h1-3,8H,4,11H2/t8-/m1/s1. The van der Waals surface area contributed by atoms with Crippen LogP contribution in [-0.4, -0.2) is 11.8 Å². The molecule has 2 rings (SSSR count). The van der Waals surface area contributed by atoms with Crippen LogP contribution in [0, 0.1) is 5.82 Å². The van der Waals surface area contributed by atoms with Gasteiger partial charge in [-0.05, 0) is 30.2 Å². The highest BCUT2D eigenvalue weighted by Gasteiger charge is 2.27. The molecule has 1 aromatic carbocycles. The van der Waals surface area contributed by atoms with Gasteiger partial charge in [0.1, 0.15) is 5.82 Å². The van der Waals surface area contributed by atoms with Gasteiger partial charge in [-0.15, -0.1) is 0 Å². The molecule has 0 radical (unpaired) electrons. The molecule has 62 valence electrons. The van der Waals surface area contributed by atoms with Crippen LogP contribution in [-0.2, 0) is 6.42 Å². The molecule has 12 heavy (non-hydrogen) atoms. The molecule has 0 unspecified atom stereocenters. The SMILES string of the molecule is N[C@@H]1Cc2cc(F)ccc2C1=O. The van der Waals surface area contributed by atoms with E-state index in [9.17, 15) is 9.18 Å². The van der Waals surface area contributed by atoms with Crippen molar-refractivity contribution in [1.29, 1.82) is 0 Å². The summed E-state index contributed by atoms with van der Waals surface area (Å²) in [6, 6.07) is 3.69. The first-order chi connectivity index (χ1) is 5.68. The number of hydrogen-bond acceptors (Lipinski definition) is 2. The van der Waals surface area contributed by atoms with E-state index in [1.54, 1.807) is 0 Å². The molecular weight excluding hydrogens is 157 g/mol. The van der Waals surface area contributed by atoms with E-state index in [4.69, 9.17) is 5.73 Å². The first-order valence-corrected chi connectivity index (χ1v) is 3.76. The first kappa shape index (κ1) is 7.43. The van der Waals surface area contributed by atoms with Crippen molar-refractivity contribution >= 4 is 5.78 Å². The molecule has 0 spiro atoms. The molecule has 2 N–H and O–H groups in total. The van der Waals surface area contributed by atoms with Gasteiger partial charge in [0.25, 0.3) is 0 Å². The molecule has 0 amide bonds. The van der Waals surface area contributed by atoms with E-state index >= 15 is 0 Å². The number of rotatable bonds is 0. The van der Waals surface area contributed by atoms with Crippen molar-refractivity contribution in [2.45, 2.75) is 12.5 Å². The van der Waals surface area contributed by atoms with Gasteiger partial charge in [0.05, 0.1) is 6.04 Å². The lowest BCUT2D eigenvalue weighted by Gasteiger charge is -1.94. The number of hydrogen-bond donors (Lipinski definition) is 1. The van der Waals surface area contributed by atoms with Gasteiger partial charge in [-0.25, -0.2) is 4.39 Å². The van der Waals surface area contributed by atoms with E-state index in [0.717, 1.165) is 5.56 Å². The van der Waals surface area contributed by atoms with Gasteiger partial charge in [0.2, 0.25) is 0 Å². The van der Waals surface area contributed by atoms with Crippen molar-refractivity contribution in [2.75, 3.05) is 0 Å². The van der Waals surface area contributed by atoms with Gasteiger partial charge in [-0.3, -0.25) is 4.79 Å². The van der Waals surface area contributed by atoms with Gasteiger partial charge in [0, 0.05) is 5.56 Å². The largest absolute Gasteiger partial charge is 0.321 e. The summed E-state index contributed by atoms with van der Waals surface area (Å²) in [5, 5.41) is 0. The summed E-state index contributed by atoms with van der Waals surface area (Å²) in [4.78, 5) is 11.3. The van der Waals surface area contributed by atoms with Crippen LogP contribution < -0.4 is 5.73 Å². The Balaban J connectivity index is 2.54. The predicted molar refractivity (Wildman–Crippen MR) is 42.4 cm³/mol. The minimum atomic E-state index is -0.471. The maximum Gasteiger partial charge on any atom is 0.180 e. The molecule has 0 bridgehead atoms. The van der Waals surface area contributed by atoms with Crippen LogP contribution in [0.1, 0.15) is 15.9 Å². The Morgan fingerprint density at radius 3 is 3.00 bits per heavy atom. The third-order valence-corrected chi connectivity index (χ3v) is 2.11. The summed E-state index contributed by atoms with van der Waals surface area (Å²) in [5.74, 6) is -0.388. The Bertz CT molecular complexity index is 348. The van der Waals surface area contributed by atoms with E-state index in [1.807, 2.05) is 0 Å². The third kappa shape index (κ3) is 0.940. The van der Waals surface area contributed by atoms with Crippen LogP contribution in [0.5, 0.6) is 0 Å². The van der Waals surface area contributed by atoms with Crippen molar-refractivity contribution in [1.82, 2.24) is 0 Å². The normalized spacial score (nSPS) is 21.2. The molecule has 0 fully saturated rings. The topological polar surface area (TPSA) is 43.1 Å². The Hall–Kier alpha value is -1.22. The fraction of sp³-hybridized carbons (Fsp3) is 0.222. The zero-order valence-electron chi connectivity index (χ0n) is 6.38. The van der Waals surface area contributed by atoms with E-state index < -0.39 is 6.04 Å². The highest BCUT2D eigenvalue weighted by molar-refractivity contribution is 6.04. The lowest BCUT2D eigenvalue weighted by Crippen LogP contribution is -2.26. The van der Waals surface area contributed by atoms with Crippen molar-refractivity contribution in [3.63, 3.8) is 0 Å². The number of carbonyl (C=O) groups excluding carboxylic acids is 1. The number of Topliss-reactive ketones (excluding diaryl/α,β-unsaturated/α-hetero) is 1. The second-order valence-corrected chi connectivity index (χ2v) is 2.98. The van der Waals surface area contributed by atoms with E-state index in [0.29, 0.717) is 12.0 Å². The maximum absolute atomic E-state index is 12.7. The van der Waals surface area contributed by atoms with Crippen molar-refractivity contribution in [3.05, 3.63) is 35.1 Å². The zero-order valence-corrected chi connectivity index (χ0v) is 6.38. The average molecular weight is 165 g/mol.